The molecule has 10 heteroatoms. The Morgan fingerprint density at radius 3 is 2.50 bits per heavy atom. The summed E-state index contributed by atoms with van der Waals surface area (Å²) in [6.07, 6.45) is 2.38. The van der Waals surface area contributed by atoms with Gasteiger partial charge in [-0.25, -0.2) is 8.42 Å². The van der Waals surface area contributed by atoms with E-state index in [0.717, 1.165) is 22.8 Å². The second kappa shape index (κ2) is 9.09. The normalized spacial score (nSPS) is 17.7. The van der Waals surface area contributed by atoms with Gasteiger partial charge >= 0.3 is 0 Å². The molecule has 0 radical (unpaired) electrons. The summed E-state index contributed by atoms with van der Waals surface area (Å²) in [7, 11) is -3.86. The van der Waals surface area contributed by atoms with E-state index in [1.807, 2.05) is 0 Å². The topological polar surface area (TPSA) is 116 Å². The van der Waals surface area contributed by atoms with Crippen molar-refractivity contribution in [2.45, 2.75) is 24.2 Å². The molecular weight excluding hydrogens is 432 g/mol. The van der Waals surface area contributed by atoms with Gasteiger partial charge in [-0.15, -0.1) is 0 Å². The zero-order valence-corrected chi connectivity index (χ0v) is 18.2. The number of piperidine rings is 1. The third-order valence-corrected chi connectivity index (χ3v) is 7.34. The van der Waals surface area contributed by atoms with Crippen LogP contribution in [0.2, 0.25) is 0 Å². The fourth-order valence-corrected chi connectivity index (χ4v) is 5.22. The SMILES string of the molecule is O=C1CN(S(=O)(=O)c2cccc(NC(=O)c3ccc(N4CCCCC4=O)cc3)c2)CCN1. The van der Waals surface area contributed by atoms with Gasteiger partial charge in [-0.05, 0) is 55.3 Å². The van der Waals surface area contributed by atoms with Crippen LogP contribution in [0.15, 0.2) is 53.4 Å². The van der Waals surface area contributed by atoms with E-state index in [0.29, 0.717) is 24.2 Å². The van der Waals surface area contributed by atoms with E-state index < -0.39 is 15.9 Å². The largest absolute Gasteiger partial charge is 0.354 e. The van der Waals surface area contributed by atoms with Crippen LogP contribution in [-0.2, 0) is 19.6 Å². The number of carbonyl (C=O) groups is 3. The predicted octanol–water partition coefficient (Wildman–Crippen LogP) is 1.58. The van der Waals surface area contributed by atoms with Crippen molar-refractivity contribution in [1.82, 2.24) is 9.62 Å². The molecule has 0 aliphatic carbocycles. The predicted molar refractivity (Wildman–Crippen MR) is 119 cm³/mol. The lowest BCUT2D eigenvalue weighted by molar-refractivity contribution is -0.122. The van der Waals surface area contributed by atoms with E-state index in [4.69, 9.17) is 0 Å². The molecule has 0 aromatic heterocycles. The molecule has 2 saturated heterocycles. The fourth-order valence-electron chi connectivity index (χ4n) is 3.78. The molecule has 3 amide bonds. The highest BCUT2D eigenvalue weighted by atomic mass is 32.2. The van der Waals surface area contributed by atoms with Gasteiger partial charge in [-0.2, -0.15) is 4.31 Å². The van der Waals surface area contributed by atoms with Crippen LogP contribution in [0.3, 0.4) is 0 Å². The van der Waals surface area contributed by atoms with Gasteiger partial charge in [0, 0.05) is 43.0 Å². The maximum Gasteiger partial charge on any atom is 0.255 e. The first-order valence-corrected chi connectivity index (χ1v) is 11.9. The van der Waals surface area contributed by atoms with Crippen LogP contribution in [0, 0.1) is 0 Å². The number of anilines is 2. The van der Waals surface area contributed by atoms with Gasteiger partial charge in [0.05, 0.1) is 11.4 Å². The van der Waals surface area contributed by atoms with Gasteiger partial charge in [0.1, 0.15) is 0 Å². The van der Waals surface area contributed by atoms with Gasteiger partial charge in [-0.1, -0.05) is 6.07 Å². The van der Waals surface area contributed by atoms with Crippen molar-refractivity contribution in [2.24, 2.45) is 0 Å². The highest BCUT2D eigenvalue weighted by Crippen LogP contribution is 2.23. The van der Waals surface area contributed by atoms with E-state index in [1.54, 1.807) is 35.2 Å². The Labute approximate surface area is 186 Å². The minimum Gasteiger partial charge on any atom is -0.354 e. The first kappa shape index (κ1) is 22.0. The standard InChI is InChI=1S/C22H24N4O5S/c27-20-15-25(13-11-23-20)32(30,31)19-5-3-4-17(14-19)24-22(29)16-7-9-18(10-8-16)26-12-2-1-6-21(26)28/h3-5,7-10,14H,1-2,6,11-13,15H2,(H,23,27)(H,24,29). The van der Waals surface area contributed by atoms with Crippen molar-refractivity contribution in [3.8, 4) is 0 Å². The summed E-state index contributed by atoms with van der Waals surface area (Å²) in [6.45, 7) is 0.888. The fraction of sp³-hybridized carbons (Fsp3) is 0.318. The zero-order chi connectivity index (χ0) is 22.7. The number of hydrogen-bond donors (Lipinski definition) is 2. The first-order valence-electron chi connectivity index (χ1n) is 10.4. The van der Waals surface area contributed by atoms with Crippen LogP contribution in [0.25, 0.3) is 0 Å². The molecule has 0 spiro atoms. The van der Waals surface area contributed by atoms with Crippen molar-refractivity contribution >= 4 is 39.1 Å². The van der Waals surface area contributed by atoms with Crippen LogP contribution < -0.4 is 15.5 Å². The lowest BCUT2D eigenvalue weighted by atomic mass is 10.1. The summed E-state index contributed by atoms with van der Waals surface area (Å²) in [4.78, 5) is 38.0. The smallest absolute Gasteiger partial charge is 0.255 e. The number of carbonyl (C=O) groups excluding carboxylic acids is 3. The number of amides is 3. The zero-order valence-electron chi connectivity index (χ0n) is 17.4. The molecule has 9 nitrogen and oxygen atoms in total. The number of nitrogens with zero attached hydrogens (tertiary/aromatic N) is 2. The Morgan fingerprint density at radius 2 is 1.78 bits per heavy atom. The van der Waals surface area contributed by atoms with E-state index in [-0.39, 0.29) is 36.3 Å². The average Bonchev–Trinajstić information content (AvgIpc) is 2.80. The van der Waals surface area contributed by atoms with Gasteiger partial charge in [0.15, 0.2) is 0 Å². The molecule has 2 heterocycles. The van der Waals surface area contributed by atoms with Crippen molar-refractivity contribution in [2.75, 3.05) is 36.4 Å². The van der Waals surface area contributed by atoms with Crippen molar-refractivity contribution < 1.29 is 22.8 Å². The van der Waals surface area contributed by atoms with Crippen LogP contribution in [0.1, 0.15) is 29.6 Å². The molecule has 0 saturated carbocycles. The number of rotatable bonds is 5. The van der Waals surface area contributed by atoms with Crippen LogP contribution in [-0.4, -0.2) is 56.6 Å². The first-order chi connectivity index (χ1) is 15.3. The lowest BCUT2D eigenvalue weighted by Crippen LogP contribution is -2.49. The molecule has 2 aliphatic heterocycles. The van der Waals surface area contributed by atoms with E-state index in [2.05, 4.69) is 10.6 Å². The number of piperazine rings is 1. The molecule has 2 aliphatic rings. The maximum absolute atomic E-state index is 12.9. The minimum atomic E-state index is -3.86. The molecule has 0 bridgehead atoms. The summed E-state index contributed by atoms with van der Waals surface area (Å²) >= 11 is 0. The average molecular weight is 457 g/mol. The molecule has 4 rings (SSSR count). The quantitative estimate of drug-likeness (QED) is 0.709. The molecule has 2 fully saturated rings. The molecule has 2 aromatic rings. The van der Waals surface area contributed by atoms with Gasteiger partial charge in [0.2, 0.25) is 21.8 Å². The Morgan fingerprint density at radius 1 is 1.00 bits per heavy atom. The van der Waals surface area contributed by atoms with Crippen LogP contribution in [0.5, 0.6) is 0 Å². The Hall–Kier alpha value is -3.24. The summed E-state index contributed by atoms with van der Waals surface area (Å²) in [5.74, 6) is -0.662. The Bertz CT molecular complexity index is 1150. The van der Waals surface area contributed by atoms with E-state index >= 15 is 0 Å². The monoisotopic (exact) mass is 456 g/mol. The minimum absolute atomic E-state index is 0.00367. The highest BCUT2D eigenvalue weighted by Gasteiger charge is 2.29. The molecule has 0 unspecified atom stereocenters. The number of benzene rings is 2. The van der Waals surface area contributed by atoms with Crippen molar-refractivity contribution in [3.63, 3.8) is 0 Å². The van der Waals surface area contributed by atoms with Crippen molar-refractivity contribution in [3.05, 3.63) is 54.1 Å². The van der Waals surface area contributed by atoms with Crippen LogP contribution in [0.4, 0.5) is 11.4 Å². The summed E-state index contributed by atoms with van der Waals surface area (Å²) < 4.78 is 26.8. The molecule has 2 aromatic carbocycles. The number of sulfonamides is 1. The van der Waals surface area contributed by atoms with Gasteiger partial charge < -0.3 is 15.5 Å². The summed E-state index contributed by atoms with van der Waals surface area (Å²) in [5, 5.41) is 5.30. The number of nitrogens with one attached hydrogen (secondary N) is 2. The summed E-state index contributed by atoms with van der Waals surface area (Å²) in [6, 6.07) is 12.7. The second-order valence-electron chi connectivity index (χ2n) is 7.72. The highest BCUT2D eigenvalue weighted by molar-refractivity contribution is 7.89. The molecule has 2 N–H and O–H groups in total. The van der Waals surface area contributed by atoms with Crippen molar-refractivity contribution in [1.29, 1.82) is 0 Å². The van der Waals surface area contributed by atoms with Gasteiger partial charge in [-0.3, -0.25) is 14.4 Å². The Kier molecular flexibility index (Phi) is 6.24. The number of hydrogen-bond acceptors (Lipinski definition) is 5. The lowest BCUT2D eigenvalue weighted by Gasteiger charge is -2.26. The van der Waals surface area contributed by atoms with Gasteiger partial charge in [0.25, 0.3) is 5.91 Å². The Balaban J connectivity index is 1.47. The van der Waals surface area contributed by atoms with E-state index in [1.165, 1.54) is 18.2 Å². The third kappa shape index (κ3) is 4.66. The third-order valence-electron chi connectivity index (χ3n) is 5.50. The molecule has 32 heavy (non-hydrogen) atoms. The molecular formula is C22H24N4O5S. The second-order valence-corrected chi connectivity index (χ2v) is 9.66. The molecule has 0 atom stereocenters. The van der Waals surface area contributed by atoms with E-state index in [9.17, 15) is 22.8 Å². The summed E-state index contributed by atoms with van der Waals surface area (Å²) in [5.41, 5.74) is 1.47. The van der Waals surface area contributed by atoms with Crippen LogP contribution >= 0.6 is 0 Å². The molecule has 168 valence electrons. The maximum atomic E-state index is 12.9.